The first-order chi connectivity index (χ1) is 24.2. The van der Waals surface area contributed by atoms with Crippen molar-refractivity contribution in [3.63, 3.8) is 0 Å². The normalized spacial score (nSPS) is 19.6. The molecule has 3 heteroatoms. The van der Waals surface area contributed by atoms with Crippen LogP contribution in [-0.4, -0.2) is 10.8 Å². The van der Waals surface area contributed by atoms with Crippen molar-refractivity contribution in [2.45, 2.75) is 39.2 Å². The van der Waals surface area contributed by atoms with Gasteiger partial charge in [0.1, 0.15) is 0 Å². The molecule has 1 aliphatic heterocycles. The van der Waals surface area contributed by atoms with Crippen molar-refractivity contribution in [2.24, 2.45) is 10.9 Å². The maximum atomic E-state index is 4.87. The second-order valence-electron chi connectivity index (χ2n) is 13.0. The summed E-state index contributed by atoms with van der Waals surface area (Å²) in [5.74, 6) is 0.167. The molecule has 1 aromatic heterocycles. The van der Waals surface area contributed by atoms with Gasteiger partial charge < -0.3 is 9.88 Å². The molecule has 3 aromatic carbocycles. The highest BCUT2D eigenvalue weighted by Gasteiger charge is 2.26. The lowest BCUT2D eigenvalue weighted by atomic mass is 9.95. The second-order valence-corrected chi connectivity index (χ2v) is 13.0. The average molecular weight is 636 g/mol. The lowest BCUT2D eigenvalue weighted by molar-refractivity contribution is 0.732. The van der Waals surface area contributed by atoms with Crippen molar-refractivity contribution in [3.05, 3.63) is 185 Å². The smallest absolute Gasteiger partial charge is 0.0693 e. The zero-order valence-corrected chi connectivity index (χ0v) is 28.0. The van der Waals surface area contributed by atoms with E-state index in [4.69, 9.17) is 4.99 Å². The summed E-state index contributed by atoms with van der Waals surface area (Å²) in [6, 6.07) is 24.5. The maximum Gasteiger partial charge on any atom is 0.0693 e. The molecule has 0 amide bonds. The van der Waals surface area contributed by atoms with E-state index >= 15 is 0 Å². The summed E-state index contributed by atoms with van der Waals surface area (Å²) in [4.78, 5) is 4.87. The molecule has 0 saturated carbocycles. The Kier molecular flexibility index (Phi) is 8.65. The number of benzene rings is 3. The Bertz CT molecular complexity index is 2220. The monoisotopic (exact) mass is 635 g/mol. The van der Waals surface area contributed by atoms with Gasteiger partial charge in [-0.25, -0.2) is 0 Å². The summed E-state index contributed by atoms with van der Waals surface area (Å²) in [5.41, 5.74) is 13.6. The van der Waals surface area contributed by atoms with Gasteiger partial charge in [-0.05, 0) is 102 Å². The highest BCUT2D eigenvalue weighted by atomic mass is 15.0. The molecule has 0 fully saturated rings. The summed E-state index contributed by atoms with van der Waals surface area (Å²) < 4.78 is 2.49. The average Bonchev–Trinajstić information content (AvgIpc) is 3.36. The van der Waals surface area contributed by atoms with Crippen molar-refractivity contribution >= 4 is 40.4 Å². The molecule has 49 heavy (non-hydrogen) atoms. The summed E-state index contributed by atoms with van der Waals surface area (Å²) in [7, 11) is 0. The zero-order valence-electron chi connectivity index (χ0n) is 28.0. The first kappa shape index (κ1) is 30.7. The van der Waals surface area contributed by atoms with Crippen LogP contribution in [0, 0.1) is 5.92 Å². The van der Waals surface area contributed by atoms with Crippen LogP contribution >= 0.6 is 0 Å². The molecule has 1 unspecified atom stereocenters. The maximum absolute atomic E-state index is 4.87. The molecular weight excluding hydrogens is 595 g/mol. The van der Waals surface area contributed by atoms with E-state index in [-0.39, 0.29) is 5.92 Å². The summed E-state index contributed by atoms with van der Waals surface area (Å²) in [6.45, 7) is 2.91. The second kappa shape index (κ2) is 13.8. The number of fused-ring (bicyclic) bond motifs is 7. The fourth-order valence-electron chi connectivity index (χ4n) is 7.32. The Morgan fingerprint density at radius 3 is 2.73 bits per heavy atom. The predicted octanol–water partition coefficient (Wildman–Crippen LogP) is 11.1. The van der Waals surface area contributed by atoms with Gasteiger partial charge in [-0.3, -0.25) is 4.99 Å². The SMILES string of the molecule is C/C=C(\C=C(/NCc1ccccc1)C1C=CC=CC/C=C\1)c1ccc2cc(-n3c4c(c5c3CCC=C5)C3=CCC(=C4)/C=C\C=N3)ccc2c1. The lowest BCUT2D eigenvalue weighted by Gasteiger charge is -2.19. The van der Waals surface area contributed by atoms with E-state index in [2.05, 4.69) is 169 Å². The Balaban J connectivity index is 1.16. The van der Waals surface area contributed by atoms with Gasteiger partial charge in [0.05, 0.1) is 11.4 Å². The van der Waals surface area contributed by atoms with Crippen molar-refractivity contribution < 1.29 is 0 Å². The minimum absolute atomic E-state index is 0.167. The fourth-order valence-corrected chi connectivity index (χ4v) is 7.32. The number of rotatable bonds is 7. The fraction of sp³-hybridized carbons (Fsp3) is 0.152. The summed E-state index contributed by atoms with van der Waals surface area (Å²) in [5, 5.41) is 6.26. The molecule has 3 nitrogen and oxygen atoms in total. The topological polar surface area (TPSA) is 29.3 Å². The Hall–Kier alpha value is -5.67. The molecule has 4 aliphatic rings. The molecule has 4 aromatic rings. The number of nitrogens with one attached hydrogen (secondary N) is 1. The van der Waals surface area contributed by atoms with Crippen molar-refractivity contribution in [2.75, 3.05) is 0 Å². The van der Waals surface area contributed by atoms with E-state index in [1.807, 2.05) is 6.21 Å². The highest BCUT2D eigenvalue weighted by Crippen LogP contribution is 2.41. The largest absolute Gasteiger partial charge is 0.384 e. The van der Waals surface area contributed by atoms with Crippen LogP contribution < -0.4 is 5.32 Å². The predicted molar refractivity (Wildman–Crippen MR) is 209 cm³/mol. The van der Waals surface area contributed by atoms with Gasteiger partial charge in [0.2, 0.25) is 0 Å². The van der Waals surface area contributed by atoms with E-state index in [0.717, 1.165) is 37.9 Å². The Morgan fingerprint density at radius 2 is 1.82 bits per heavy atom. The minimum Gasteiger partial charge on any atom is -0.384 e. The molecule has 1 atom stereocenters. The first-order valence-corrected chi connectivity index (χ1v) is 17.5. The van der Waals surface area contributed by atoms with Gasteiger partial charge in [0, 0.05) is 46.9 Å². The van der Waals surface area contributed by atoms with E-state index in [0.29, 0.717) is 0 Å². The number of aromatic nitrogens is 1. The molecule has 0 saturated heterocycles. The van der Waals surface area contributed by atoms with Crippen LogP contribution in [0.2, 0.25) is 0 Å². The summed E-state index contributed by atoms with van der Waals surface area (Å²) in [6.07, 6.45) is 37.2. The third-order valence-electron chi connectivity index (χ3n) is 9.82. The van der Waals surface area contributed by atoms with Gasteiger partial charge in [0.25, 0.3) is 0 Å². The molecule has 8 rings (SSSR count). The molecule has 2 bridgehead atoms. The van der Waals surface area contributed by atoms with Crippen LogP contribution in [0.5, 0.6) is 0 Å². The van der Waals surface area contributed by atoms with E-state index < -0.39 is 0 Å². The van der Waals surface area contributed by atoms with E-state index in [1.54, 1.807) is 0 Å². The number of aliphatic imine (C=N–C) groups is 1. The number of hydrogen-bond donors (Lipinski definition) is 1. The number of nitrogens with zero attached hydrogens (tertiary/aromatic N) is 2. The first-order valence-electron chi connectivity index (χ1n) is 17.5. The highest BCUT2D eigenvalue weighted by molar-refractivity contribution is 5.92. The third-order valence-corrected chi connectivity index (χ3v) is 9.82. The van der Waals surface area contributed by atoms with Gasteiger partial charge in [-0.1, -0.05) is 115 Å². The van der Waals surface area contributed by atoms with Crippen LogP contribution in [0.15, 0.2) is 156 Å². The quantitative estimate of drug-likeness (QED) is 0.159. The van der Waals surface area contributed by atoms with Gasteiger partial charge in [-0.2, -0.15) is 0 Å². The number of allylic oxidation sites excluding steroid dienone is 13. The van der Waals surface area contributed by atoms with Crippen molar-refractivity contribution in [3.8, 4) is 5.69 Å². The number of hydrogen-bond acceptors (Lipinski definition) is 2. The minimum atomic E-state index is 0.167. The molecule has 3 aliphatic carbocycles. The van der Waals surface area contributed by atoms with E-state index in [9.17, 15) is 0 Å². The molecule has 0 spiro atoms. The molecule has 2 heterocycles. The van der Waals surface area contributed by atoms with Crippen LogP contribution in [-0.2, 0) is 13.0 Å². The van der Waals surface area contributed by atoms with Crippen LogP contribution in [0.25, 0.3) is 39.9 Å². The Labute approximate surface area is 289 Å². The van der Waals surface area contributed by atoms with Gasteiger partial charge in [0.15, 0.2) is 0 Å². The summed E-state index contributed by atoms with van der Waals surface area (Å²) >= 11 is 0. The van der Waals surface area contributed by atoms with E-state index in [1.165, 1.54) is 66.9 Å². The third kappa shape index (κ3) is 6.33. The van der Waals surface area contributed by atoms with Crippen LogP contribution in [0.1, 0.15) is 59.8 Å². The van der Waals surface area contributed by atoms with Gasteiger partial charge >= 0.3 is 0 Å². The zero-order chi connectivity index (χ0) is 33.0. The lowest BCUT2D eigenvalue weighted by Crippen LogP contribution is -2.18. The molecular formula is C46H41N3. The van der Waals surface area contributed by atoms with Crippen molar-refractivity contribution in [1.82, 2.24) is 9.88 Å². The molecule has 0 radical (unpaired) electrons. The van der Waals surface area contributed by atoms with Gasteiger partial charge in [-0.15, -0.1) is 0 Å². The Morgan fingerprint density at radius 1 is 0.918 bits per heavy atom. The molecule has 240 valence electrons. The van der Waals surface area contributed by atoms with Crippen molar-refractivity contribution in [1.29, 1.82) is 0 Å². The van der Waals surface area contributed by atoms with Crippen LogP contribution in [0.3, 0.4) is 0 Å². The molecule has 1 N–H and O–H groups in total. The standard InChI is InChI=1S/C46H41N3/c1-2-35(31-43(36-17-9-4-3-5-10-18-36)48-32-34-14-7-6-8-15-34)37-22-23-39-30-40(25-24-38(39)29-37)49-44-20-12-11-19-41(44)46-42-26-21-33(28-45(46)49)16-13-27-47-42/h2-4,6-11,13-19,22-31,36,48H,5,12,20-21,32H2,1H3/b4-3?,16-13-,17-9?,18-10-,35-2+,43-31-,47-27?. The van der Waals surface area contributed by atoms with Crippen LogP contribution in [0.4, 0.5) is 0 Å².